The Morgan fingerprint density at radius 3 is 2.59 bits per heavy atom. The number of hydrogen-bond acceptors (Lipinski definition) is 9. The highest BCUT2D eigenvalue weighted by atomic mass is 19.1. The van der Waals surface area contributed by atoms with Crippen molar-refractivity contribution in [1.82, 2.24) is 15.0 Å². The second-order valence-electron chi connectivity index (χ2n) is 12.3. The van der Waals surface area contributed by atoms with Crippen LogP contribution in [0, 0.1) is 28.6 Å². The maximum Gasteiger partial charge on any atom is 0.269 e. The third-order valence-electron chi connectivity index (χ3n) is 9.98. The molecule has 0 bridgehead atoms. The number of nitrogens with two attached hydrogens (primary N) is 1. The highest BCUT2D eigenvalue weighted by Gasteiger charge is 2.75. The lowest BCUT2D eigenvalue weighted by molar-refractivity contribution is -0.219. The van der Waals surface area contributed by atoms with Crippen LogP contribution in [0.5, 0.6) is 0 Å². The molecular weight excluding hydrogens is 535 g/mol. The van der Waals surface area contributed by atoms with E-state index in [1.807, 2.05) is 0 Å². The van der Waals surface area contributed by atoms with Crippen LogP contribution in [0.3, 0.4) is 0 Å². The molecule has 5 rings (SSSR count). The molecule has 0 unspecified atom stereocenters. The highest BCUT2D eigenvalue weighted by Crippen LogP contribution is 2.70. The van der Waals surface area contributed by atoms with Crippen LogP contribution in [-0.4, -0.2) is 85.8 Å². The van der Waals surface area contributed by atoms with Gasteiger partial charge in [0.05, 0.1) is 12.4 Å². The Hall–Kier alpha value is -3.29. The van der Waals surface area contributed by atoms with Gasteiger partial charge in [0.1, 0.15) is 12.2 Å². The summed E-state index contributed by atoms with van der Waals surface area (Å²) in [5.74, 6) is -2.53. The minimum absolute atomic E-state index is 0.0676. The van der Waals surface area contributed by atoms with Crippen LogP contribution in [0.4, 0.5) is 10.2 Å². The van der Waals surface area contributed by atoms with Crippen LogP contribution < -0.4 is 5.73 Å². The maximum atomic E-state index is 16.9. The number of carbonyl (C=O) groups is 3. The number of H-pyrrole nitrogens is 1. The van der Waals surface area contributed by atoms with E-state index in [-0.39, 0.29) is 29.6 Å². The number of Topliss-reactive ketones (excluding diaryl/α,β-unsaturated/α-hetero) is 1. The molecular formula is C28H39FN6O6. The summed E-state index contributed by atoms with van der Waals surface area (Å²) < 4.78 is 16.9. The van der Waals surface area contributed by atoms with Crippen molar-refractivity contribution < 1.29 is 34.1 Å². The van der Waals surface area contributed by atoms with E-state index in [0.717, 1.165) is 0 Å². The lowest BCUT2D eigenvalue weighted by Crippen LogP contribution is -2.69. The van der Waals surface area contributed by atoms with E-state index < -0.39 is 58.3 Å². The fraction of sp³-hybridized carbons (Fsp3) is 0.643. The number of imidazole rings is 1. The predicted molar refractivity (Wildman–Crippen MR) is 145 cm³/mol. The number of aromatic nitrogens is 2. The van der Waals surface area contributed by atoms with Gasteiger partial charge in [-0.3, -0.25) is 19.4 Å². The van der Waals surface area contributed by atoms with Gasteiger partial charge in [-0.1, -0.05) is 30.7 Å². The van der Waals surface area contributed by atoms with Crippen molar-refractivity contribution in [2.75, 3.05) is 20.7 Å². The van der Waals surface area contributed by atoms with Gasteiger partial charge in [-0.05, 0) is 56.6 Å². The summed E-state index contributed by atoms with van der Waals surface area (Å²) >= 11 is 0. The molecule has 0 radical (unpaired) electrons. The first-order valence-corrected chi connectivity index (χ1v) is 13.7. The van der Waals surface area contributed by atoms with Gasteiger partial charge in [0.25, 0.3) is 5.91 Å². The van der Waals surface area contributed by atoms with Crippen molar-refractivity contribution in [3.05, 3.63) is 35.8 Å². The summed E-state index contributed by atoms with van der Waals surface area (Å²) in [4.78, 5) is 41.5. The number of rotatable bonds is 5. The van der Waals surface area contributed by atoms with Crippen molar-refractivity contribution >= 4 is 23.3 Å². The van der Waals surface area contributed by atoms with Crippen molar-refractivity contribution in [2.24, 2.45) is 44.7 Å². The van der Waals surface area contributed by atoms with Gasteiger partial charge in [0.2, 0.25) is 5.82 Å². The zero-order valence-electron chi connectivity index (χ0n) is 24.0. The Kier molecular flexibility index (Phi) is 7.87. The van der Waals surface area contributed by atoms with Crippen LogP contribution >= 0.6 is 0 Å². The third kappa shape index (κ3) is 4.45. The van der Waals surface area contributed by atoms with E-state index in [0.29, 0.717) is 24.8 Å². The van der Waals surface area contributed by atoms with Crippen LogP contribution in [0.1, 0.15) is 56.9 Å². The molecule has 1 heterocycles. The molecule has 1 aromatic rings. The molecule has 0 aliphatic heterocycles. The summed E-state index contributed by atoms with van der Waals surface area (Å²) in [6.45, 7) is 4.48. The number of nitrogens with zero attached hydrogens (tertiary/aromatic N) is 4. The Morgan fingerprint density at radius 1 is 1.29 bits per heavy atom. The Balaban J connectivity index is 0.000000251. The molecule has 0 saturated heterocycles. The molecule has 224 valence electrons. The number of aliphatic hydroxyl groups excluding tert-OH is 2. The number of amides is 1. The van der Waals surface area contributed by atoms with Crippen molar-refractivity contribution in [3.63, 3.8) is 0 Å². The molecule has 3 fully saturated rings. The minimum Gasteiger partial charge on any atom is -0.390 e. The summed E-state index contributed by atoms with van der Waals surface area (Å²) in [5.41, 5.74) is 0.0288. The van der Waals surface area contributed by atoms with E-state index in [1.165, 1.54) is 23.5 Å². The van der Waals surface area contributed by atoms with E-state index in [9.17, 15) is 29.7 Å². The molecule has 13 heteroatoms. The van der Waals surface area contributed by atoms with Gasteiger partial charge in [-0.2, -0.15) is 0 Å². The molecule has 0 spiro atoms. The predicted octanol–water partition coefficient (Wildman–Crippen LogP) is 1.96. The molecule has 8 atom stereocenters. The first kappa shape index (κ1) is 30.7. The number of ketones is 2. The van der Waals surface area contributed by atoms with Crippen molar-refractivity contribution in [3.8, 4) is 0 Å². The Bertz CT molecular complexity index is 1330. The average Bonchev–Trinajstić information content (AvgIpc) is 3.46. The Labute approximate surface area is 237 Å². The number of halogens is 1. The lowest BCUT2D eigenvalue weighted by atomic mass is 9.44. The topological polar surface area (TPSA) is 195 Å². The van der Waals surface area contributed by atoms with Gasteiger partial charge in [0.15, 0.2) is 22.9 Å². The van der Waals surface area contributed by atoms with Gasteiger partial charge in [-0.25, -0.2) is 9.37 Å². The number of aromatic amines is 1. The summed E-state index contributed by atoms with van der Waals surface area (Å²) in [6.07, 6.45) is 5.78. The number of carbonyl (C=O) groups excluding carboxylic acids is 3. The molecule has 0 aromatic carbocycles. The second kappa shape index (κ2) is 10.5. The monoisotopic (exact) mass is 574 g/mol. The number of allylic oxidation sites excluding steroid dienone is 4. The average molecular weight is 575 g/mol. The van der Waals surface area contributed by atoms with E-state index in [4.69, 9.17) is 5.73 Å². The van der Waals surface area contributed by atoms with Gasteiger partial charge in [-0.15, -0.1) is 5.11 Å². The summed E-state index contributed by atoms with van der Waals surface area (Å²) in [7, 11) is 3.42. The van der Waals surface area contributed by atoms with Crippen molar-refractivity contribution in [2.45, 2.75) is 63.8 Å². The maximum absolute atomic E-state index is 16.9. The van der Waals surface area contributed by atoms with Gasteiger partial charge in [0, 0.05) is 30.8 Å². The Morgan fingerprint density at radius 2 is 1.98 bits per heavy atom. The second-order valence-corrected chi connectivity index (χ2v) is 12.3. The zero-order valence-corrected chi connectivity index (χ0v) is 24.0. The molecule has 4 aliphatic carbocycles. The number of alkyl halides is 1. The van der Waals surface area contributed by atoms with Gasteiger partial charge < -0.3 is 26.0 Å². The smallest absolute Gasteiger partial charge is 0.269 e. The SMILES string of the molecule is CN(C)N=Nc1nc[nH]c1C(N)=O.C[C@@H]1C[C@H]2[C@@H]3CCC4=CC(=O)C=C[C@]4(C)[C@@]3(F)[C@@H](O)C[C@]2(C)[C@@]1(O)C(=O)CO. The summed E-state index contributed by atoms with van der Waals surface area (Å²) in [5, 5.41) is 40.8. The largest absolute Gasteiger partial charge is 0.390 e. The fourth-order valence-corrected chi connectivity index (χ4v) is 7.94. The van der Waals surface area contributed by atoms with Crippen LogP contribution in [0.2, 0.25) is 0 Å². The molecule has 6 N–H and O–H groups in total. The first-order chi connectivity index (χ1) is 19.1. The number of fused-ring (bicyclic) bond motifs is 5. The summed E-state index contributed by atoms with van der Waals surface area (Å²) in [6, 6.07) is 0. The number of aliphatic hydroxyl groups is 3. The third-order valence-corrected chi connectivity index (χ3v) is 9.98. The standard InChI is InChI=1S/C22H29FO5.C6H10N6O/c1-12-8-16-15-5-4-13-9-14(25)6-7-19(13,2)21(15,23)17(26)10-20(16,3)22(12,28)18(27)11-24;1-12(2)11-10-6-4(5(7)13)8-3-9-6/h6-7,9,12,15-17,24,26,28H,4-5,8,10-11H2,1-3H3;3H,1-2H3,(H2,7,13)(H,8,9)/t12-,15+,16+,17+,19+,20+,21+,22+;/m1./s1. The molecule has 3 saturated carbocycles. The fourth-order valence-electron chi connectivity index (χ4n) is 7.94. The van der Waals surface area contributed by atoms with Crippen LogP contribution in [0.25, 0.3) is 0 Å². The van der Waals surface area contributed by atoms with Gasteiger partial charge >= 0.3 is 0 Å². The van der Waals surface area contributed by atoms with Crippen molar-refractivity contribution in [1.29, 1.82) is 0 Å². The number of primary amides is 1. The lowest BCUT2D eigenvalue weighted by Gasteiger charge is -2.62. The van der Waals surface area contributed by atoms with Crippen LogP contribution in [0.15, 0.2) is 40.5 Å². The molecule has 41 heavy (non-hydrogen) atoms. The zero-order chi connectivity index (χ0) is 30.5. The van der Waals surface area contributed by atoms with E-state index in [1.54, 1.807) is 40.9 Å². The molecule has 1 amide bonds. The number of hydrogen-bond donors (Lipinski definition) is 5. The quantitative estimate of drug-likeness (QED) is 0.260. The van der Waals surface area contributed by atoms with Crippen LogP contribution in [-0.2, 0) is 9.59 Å². The van der Waals surface area contributed by atoms with E-state index >= 15 is 4.39 Å². The molecule has 4 aliphatic rings. The van der Waals surface area contributed by atoms with E-state index in [2.05, 4.69) is 20.3 Å². The normalized spacial score (nSPS) is 39.2. The highest BCUT2D eigenvalue weighted by molar-refractivity contribution is 6.01. The molecule has 1 aromatic heterocycles. The molecule has 12 nitrogen and oxygen atoms in total. The number of nitrogens with one attached hydrogen (secondary N) is 1. The first-order valence-electron chi connectivity index (χ1n) is 13.7. The minimum atomic E-state index is -1.98.